The number of morpholine rings is 1. The zero-order chi connectivity index (χ0) is 38.2. The van der Waals surface area contributed by atoms with E-state index in [2.05, 4.69) is 21.9 Å². The number of ether oxygens (including phenoxy) is 2. The van der Waals surface area contributed by atoms with Gasteiger partial charge < -0.3 is 28.9 Å². The van der Waals surface area contributed by atoms with E-state index in [-0.39, 0.29) is 30.2 Å². The molecule has 2 aromatic heterocycles. The number of benzene rings is 3. The van der Waals surface area contributed by atoms with Gasteiger partial charge in [0, 0.05) is 82.5 Å². The van der Waals surface area contributed by atoms with Gasteiger partial charge in [0.2, 0.25) is 0 Å². The molecule has 11 nitrogen and oxygen atoms in total. The Balaban J connectivity index is 1.20. The number of likely N-dealkylation sites (N-methyl/N-ethyl adjacent to an activating group) is 1. The van der Waals surface area contributed by atoms with Crippen LogP contribution in [0.5, 0.6) is 5.75 Å². The van der Waals surface area contributed by atoms with Crippen molar-refractivity contribution in [2.75, 3.05) is 63.4 Å². The molecule has 0 saturated carbocycles. The third kappa shape index (κ3) is 7.08. The lowest BCUT2D eigenvalue weighted by Gasteiger charge is -2.40. The van der Waals surface area contributed by atoms with Gasteiger partial charge >= 0.3 is 0 Å². The van der Waals surface area contributed by atoms with Crippen LogP contribution < -0.4 is 9.80 Å². The highest BCUT2D eigenvalue weighted by Crippen LogP contribution is 2.37. The Kier molecular flexibility index (Phi) is 10.1. The number of aromatic hydroxyl groups is 1. The van der Waals surface area contributed by atoms with Gasteiger partial charge in [-0.25, -0.2) is 9.37 Å². The number of pyridine rings is 1. The van der Waals surface area contributed by atoms with Gasteiger partial charge in [-0.2, -0.15) is 0 Å². The first-order valence-electron chi connectivity index (χ1n) is 18.7. The molecular weight excluding hydrogens is 700 g/mol. The minimum atomic E-state index is -0.498. The van der Waals surface area contributed by atoms with Gasteiger partial charge in [0.15, 0.2) is 0 Å². The molecule has 12 heteroatoms. The summed E-state index contributed by atoms with van der Waals surface area (Å²) in [6, 6.07) is 22.5. The Morgan fingerprint density at radius 1 is 0.927 bits per heavy atom. The molecule has 0 radical (unpaired) electrons. The van der Waals surface area contributed by atoms with Crippen LogP contribution in [0.1, 0.15) is 43.1 Å². The van der Waals surface area contributed by atoms with Gasteiger partial charge in [-0.1, -0.05) is 24.3 Å². The monoisotopic (exact) mass is 744 g/mol. The predicted octanol–water partition coefficient (Wildman–Crippen LogP) is 5.95. The summed E-state index contributed by atoms with van der Waals surface area (Å²) < 4.78 is 28.4. The molecule has 3 aliphatic heterocycles. The third-order valence-electron chi connectivity index (χ3n) is 11.1. The van der Waals surface area contributed by atoms with E-state index >= 15 is 4.39 Å². The van der Waals surface area contributed by atoms with Crippen molar-refractivity contribution in [3.05, 3.63) is 124 Å². The summed E-state index contributed by atoms with van der Waals surface area (Å²) in [4.78, 5) is 42.5. The molecule has 2 amide bonds. The molecule has 1 saturated heterocycles. The van der Waals surface area contributed by atoms with Gasteiger partial charge in [0.05, 0.1) is 43.0 Å². The number of phenols is 1. The van der Waals surface area contributed by atoms with E-state index in [9.17, 15) is 14.7 Å². The van der Waals surface area contributed by atoms with Crippen LogP contribution in [0.25, 0.3) is 11.3 Å². The molecule has 0 aliphatic carbocycles. The van der Waals surface area contributed by atoms with Gasteiger partial charge in [-0.05, 0) is 84.1 Å². The molecule has 1 atom stereocenters. The fourth-order valence-electron chi connectivity index (χ4n) is 8.18. The maximum atomic E-state index is 15.3. The van der Waals surface area contributed by atoms with Crippen molar-refractivity contribution in [2.45, 2.75) is 32.0 Å². The highest BCUT2D eigenvalue weighted by atomic mass is 19.1. The van der Waals surface area contributed by atoms with Crippen LogP contribution in [0.3, 0.4) is 0 Å². The zero-order valence-corrected chi connectivity index (χ0v) is 31.4. The van der Waals surface area contributed by atoms with Crippen LogP contribution in [-0.4, -0.2) is 95.9 Å². The normalized spacial score (nSPS) is 16.9. The number of methoxy groups -OCH3 is 1. The van der Waals surface area contributed by atoms with Crippen molar-refractivity contribution in [3.8, 4) is 17.0 Å². The number of hydrogen-bond donors (Lipinski definition) is 1. The van der Waals surface area contributed by atoms with E-state index in [0.717, 1.165) is 43.0 Å². The lowest BCUT2D eigenvalue weighted by atomic mass is 9.92. The summed E-state index contributed by atoms with van der Waals surface area (Å²) in [5.41, 5.74) is 6.54. The molecule has 0 bridgehead atoms. The highest BCUT2D eigenvalue weighted by Gasteiger charge is 2.35. The number of amides is 2. The number of hydrogen-bond acceptors (Lipinski definition) is 8. The number of phenolic OH excluding ortho intramolecular Hbond substituents is 1. The van der Waals surface area contributed by atoms with Crippen LogP contribution in [0.2, 0.25) is 0 Å². The molecule has 5 aromatic rings. The summed E-state index contributed by atoms with van der Waals surface area (Å²) in [5, 5.41) is 10.1. The predicted molar refractivity (Wildman–Crippen MR) is 208 cm³/mol. The second-order valence-electron chi connectivity index (χ2n) is 14.5. The summed E-state index contributed by atoms with van der Waals surface area (Å²) in [6.07, 6.45) is 3.18. The lowest BCUT2D eigenvalue weighted by molar-refractivity contribution is 0.0193. The second-order valence-corrected chi connectivity index (χ2v) is 14.5. The van der Waals surface area contributed by atoms with Crippen molar-refractivity contribution >= 4 is 29.0 Å². The topological polar surface area (TPSA) is 104 Å². The maximum Gasteiger partial charge on any atom is 0.264 e. The van der Waals surface area contributed by atoms with Crippen LogP contribution in [0.4, 0.5) is 21.6 Å². The Morgan fingerprint density at radius 3 is 2.45 bits per heavy atom. The van der Waals surface area contributed by atoms with Gasteiger partial charge in [-0.3, -0.25) is 19.4 Å². The van der Waals surface area contributed by atoms with Gasteiger partial charge in [-0.15, -0.1) is 0 Å². The van der Waals surface area contributed by atoms with E-state index in [0.29, 0.717) is 72.2 Å². The molecular formula is C43H45FN6O5. The standard InChI is InChI=1S/C43H45FN6O5/c1-46-15-14-29-21-33(24-45-41(29)46)50(32-9-11-35(51)12-10-32)43(53)38-23-39(47(2)40(38)27-54-3)37-22-31(44)8-13-36(37)42(52)49-25-30-7-5-4-6-28(30)20-34(49)26-48-16-18-55-19-17-48/h4-13,21-24,34,51H,14-20,25-27H2,1-3H3/t34-/m0/s1. The zero-order valence-electron chi connectivity index (χ0n) is 31.4. The van der Waals surface area contributed by atoms with Crippen LogP contribution in [0.15, 0.2) is 85.1 Å². The largest absolute Gasteiger partial charge is 0.508 e. The van der Waals surface area contributed by atoms with E-state index in [1.807, 2.05) is 34.7 Å². The first kappa shape index (κ1) is 36.4. The number of fused-ring (bicyclic) bond motifs is 2. The van der Waals surface area contributed by atoms with Crippen molar-refractivity contribution in [3.63, 3.8) is 0 Å². The van der Waals surface area contributed by atoms with E-state index in [1.165, 1.54) is 29.8 Å². The van der Waals surface area contributed by atoms with Crippen LogP contribution in [0, 0.1) is 5.82 Å². The Bertz CT molecular complexity index is 2230. The Morgan fingerprint density at radius 2 is 1.69 bits per heavy atom. The number of nitrogens with zero attached hydrogens (tertiary/aromatic N) is 6. The average molecular weight is 745 g/mol. The molecule has 3 aromatic carbocycles. The van der Waals surface area contributed by atoms with Crippen molar-refractivity contribution in [2.24, 2.45) is 7.05 Å². The second kappa shape index (κ2) is 15.3. The Hall–Kier alpha value is -5.56. The minimum Gasteiger partial charge on any atom is -0.508 e. The van der Waals surface area contributed by atoms with Crippen molar-refractivity contribution in [1.29, 1.82) is 0 Å². The molecule has 55 heavy (non-hydrogen) atoms. The first-order valence-corrected chi connectivity index (χ1v) is 18.7. The summed E-state index contributed by atoms with van der Waals surface area (Å²) in [5.74, 6) is -0.126. The summed E-state index contributed by atoms with van der Waals surface area (Å²) in [6.45, 7) is 4.93. The van der Waals surface area contributed by atoms with Crippen molar-refractivity contribution in [1.82, 2.24) is 19.4 Å². The van der Waals surface area contributed by atoms with E-state index < -0.39 is 5.82 Å². The molecule has 1 fully saturated rings. The average Bonchev–Trinajstić information content (AvgIpc) is 3.73. The first-order chi connectivity index (χ1) is 26.7. The summed E-state index contributed by atoms with van der Waals surface area (Å²) in [7, 11) is 5.35. The SMILES string of the molecule is COCc1c(C(=O)N(c2ccc(O)cc2)c2cnc3c(c2)CCN3C)cc(-c2cc(F)ccc2C(=O)N2Cc3ccccc3C[C@H]2CN2CCOCC2)n1C. The molecule has 3 aliphatic rings. The summed E-state index contributed by atoms with van der Waals surface area (Å²) >= 11 is 0. The number of rotatable bonds is 9. The molecule has 8 rings (SSSR count). The number of aromatic nitrogens is 2. The number of carbonyl (C=O) groups excluding carboxylic acids is 2. The minimum absolute atomic E-state index is 0.0691. The molecule has 1 N–H and O–H groups in total. The van der Waals surface area contributed by atoms with E-state index in [4.69, 9.17) is 14.5 Å². The number of carbonyl (C=O) groups is 2. The lowest BCUT2D eigenvalue weighted by Crippen LogP contribution is -2.52. The molecule has 5 heterocycles. The van der Waals surface area contributed by atoms with E-state index in [1.54, 1.807) is 49.5 Å². The van der Waals surface area contributed by atoms with Gasteiger partial charge in [0.1, 0.15) is 17.4 Å². The van der Waals surface area contributed by atoms with Crippen molar-refractivity contribution < 1.29 is 28.6 Å². The fraction of sp³-hybridized carbons (Fsp3) is 0.326. The highest BCUT2D eigenvalue weighted by molar-refractivity contribution is 6.12. The number of halogens is 1. The van der Waals surface area contributed by atoms with Gasteiger partial charge in [0.25, 0.3) is 11.8 Å². The molecule has 0 spiro atoms. The van der Waals surface area contributed by atoms with Crippen LogP contribution >= 0.6 is 0 Å². The van der Waals surface area contributed by atoms with Crippen LogP contribution in [-0.2, 0) is 42.5 Å². The smallest absolute Gasteiger partial charge is 0.264 e. The molecule has 284 valence electrons. The molecule has 0 unspecified atom stereocenters. The Labute approximate surface area is 320 Å². The maximum absolute atomic E-state index is 15.3. The number of anilines is 3. The quantitative estimate of drug-likeness (QED) is 0.198. The third-order valence-corrected chi connectivity index (χ3v) is 11.1. The fourth-order valence-corrected chi connectivity index (χ4v) is 8.18.